The Morgan fingerprint density at radius 2 is 1.02 bits per heavy atom. The van der Waals surface area contributed by atoms with E-state index in [-0.39, 0.29) is 0 Å². The van der Waals surface area contributed by atoms with Gasteiger partial charge in [0.1, 0.15) is 0 Å². The van der Waals surface area contributed by atoms with Crippen LogP contribution in [0.25, 0.3) is 91.1 Å². The maximum absolute atomic E-state index is 2.43. The minimum absolute atomic E-state index is 1.11. The minimum atomic E-state index is 1.11. The number of hydrogen-bond acceptors (Lipinski definition) is 2. The Hall–Kier alpha value is -7.20. The second-order valence-electron chi connectivity index (χ2n) is 14.9. The van der Waals surface area contributed by atoms with Gasteiger partial charge in [-0.2, -0.15) is 0 Å². The molecule has 57 heavy (non-hydrogen) atoms. The molecule has 10 aromatic carbocycles. The Morgan fingerprint density at radius 1 is 0.351 bits per heavy atom. The van der Waals surface area contributed by atoms with Crippen molar-refractivity contribution >= 4 is 103 Å². The Bertz CT molecular complexity index is 3520. The molecule has 0 aliphatic heterocycles. The summed E-state index contributed by atoms with van der Waals surface area (Å²) in [5.41, 5.74) is 9.39. The molecule has 12 aromatic rings. The molecule has 12 rings (SSSR count). The molecule has 2 aromatic heterocycles. The number of anilines is 3. The van der Waals surface area contributed by atoms with E-state index >= 15 is 0 Å². The maximum atomic E-state index is 2.43. The van der Waals surface area contributed by atoms with Gasteiger partial charge in [0.15, 0.2) is 0 Å². The lowest BCUT2D eigenvalue weighted by atomic mass is 9.95. The molecule has 0 unspecified atom stereocenters. The first kappa shape index (κ1) is 32.1. The molecule has 3 heteroatoms. The Balaban J connectivity index is 1.07. The van der Waals surface area contributed by atoms with Crippen LogP contribution in [0.3, 0.4) is 0 Å². The lowest BCUT2D eigenvalue weighted by molar-refractivity contribution is 1.18. The van der Waals surface area contributed by atoms with Gasteiger partial charge in [0.25, 0.3) is 0 Å². The van der Waals surface area contributed by atoms with E-state index in [9.17, 15) is 0 Å². The first-order chi connectivity index (χ1) is 28.2. The quantitative estimate of drug-likeness (QED) is 0.159. The highest BCUT2D eigenvalue weighted by Gasteiger charge is 2.20. The molecule has 266 valence electrons. The third-order valence-electron chi connectivity index (χ3n) is 11.7. The summed E-state index contributed by atoms with van der Waals surface area (Å²) in [7, 11) is 0. The van der Waals surface area contributed by atoms with Crippen molar-refractivity contribution in [3.8, 4) is 16.8 Å². The second kappa shape index (κ2) is 12.7. The number of hydrogen-bond donors (Lipinski definition) is 0. The summed E-state index contributed by atoms with van der Waals surface area (Å²) in [5.74, 6) is 0. The summed E-state index contributed by atoms with van der Waals surface area (Å²) in [6, 6.07) is 75.8. The summed E-state index contributed by atoms with van der Waals surface area (Å²) in [5, 5.41) is 12.7. The first-order valence-corrected chi connectivity index (χ1v) is 20.3. The third-order valence-corrected chi connectivity index (χ3v) is 12.8. The average molecular weight is 743 g/mol. The first-order valence-electron chi connectivity index (χ1n) is 19.5. The second-order valence-corrected chi connectivity index (χ2v) is 16.0. The van der Waals surface area contributed by atoms with Gasteiger partial charge in [-0.05, 0) is 122 Å². The van der Waals surface area contributed by atoms with Crippen molar-refractivity contribution in [3.05, 3.63) is 206 Å². The van der Waals surface area contributed by atoms with E-state index in [0.717, 1.165) is 22.7 Å². The molecule has 0 bridgehead atoms. The molecule has 0 N–H and O–H groups in total. The Kier molecular flexibility index (Phi) is 7.13. The summed E-state index contributed by atoms with van der Waals surface area (Å²) in [6.07, 6.45) is 0. The number of para-hydroxylation sites is 2. The van der Waals surface area contributed by atoms with E-state index < -0.39 is 0 Å². The van der Waals surface area contributed by atoms with Crippen LogP contribution in [0, 0.1) is 0 Å². The van der Waals surface area contributed by atoms with Gasteiger partial charge in [-0.1, -0.05) is 127 Å². The molecule has 0 saturated carbocycles. The summed E-state index contributed by atoms with van der Waals surface area (Å²) >= 11 is 1.87. The highest BCUT2D eigenvalue weighted by atomic mass is 32.1. The van der Waals surface area contributed by atoms with Crippen molar-refractivity contribution in [1.29, 1.82) is 0 Å². The van der Waals surface area contributed by atoms with E-state index in [1.54, 1.807) is 0 Å². The van der Waals surface area contributed by atoms with E-state index in [2.05, 4.69) is 216 Å². The van der Waals surface area contributed by atoms with Gasteiger partial charge in [-0.3, -0.25) is 0 Å². The highest BCUT2D eigenvalue weighted by molar-refractivity contribution is 7.26. The largest absolute Gasteiger partial charge is 0.310 e. The van der Waals surface area contributed by atoms with E-state index in [0.29, 0.717) is 0 Å². The summed E-state index contributed by atoms with van der Waals surface area (Å²) < 4.78 is 5.01. The van der Waals surface area contributed by atoms with E-state index in [4.69, 9.17) is 0 Å². The number of fused-ring (bicyclic) bond motifs is 10. The Labute approximate surface area is 333 Å². The zero-order chi connectivity index (χ0) is 37.5. The molecule has 0 spiro atoms. The van der Waals surface area contributed by atoms with E-state index in [1.807, 2.05) is 11.3 Å². The zero-order valence-electron chi connectivity index (χ0n) is 30.9. The monoisotopic (exact) mass is 742 g/mol. The van der Waals surface area contributed by atoms with Gasteiger partial charge >= 0.3 is 0 Å². The predicted octanol–water partition coefficient (Wildman–Crippen LogP) is 15.7. The molecule has 2 heterocycles. The van der Waals surface area contributed by atoms with Gasteiger partial charge in [0.05, 0.1) is 11.0 Å². The van der Waals surface area contributed by atoms with Crippen LogP contribution in [0.15, 0.2) is 206 Å². The summed E-state index contributed by atoms with van der Waals surface area (Å²) in [4.78, 5) is 2.41. The number of thiophene rings is 1. The highest BCUT2D eigenvalue weighted by Crippen LogP contribution is 2.45. The van der Waals surface area contributed by atoms with Crippen LogP contribution in [-0.2, 0) is 0 Å². The minimum Gasteiger partial charge on any atom is -0.310 e. The molecule has 0 fully saturated rings. The number of nitrogens with zero attached hydrogens (tertiary/aromatic N) is 2. The molecular formula is C54H34N2S. The van der Waals surface area contributed by atoms with Crippen LogP contribution in [0.2, 0.25) is 0 Å². The van der Waals surface area contributed by atoms with Gasteiger partial charge in [0.2, 0.25) is 0 Å². The molecule has 0 amide bonds. The standard InChI is InChI=1S/C54H34N2S/c1-3-15-40(16-4-1)55(43-25-28-47-48-31-36-13-7-8-14-37(36)32-50(48)56(51(47)34-43)41-17-5-2-6-18-41)42-26-29-52-49(33-42)54-46(20-11-21-53(54)57-52)39-24-27-45-38(30-39)23-22-35-12-9-10-19-44(35)45/h1-34H. The van der Waals surface area contributed by atoms with Crippen molar-refractivity contribution < 1.29 is 0 Å². The van der Waals surface area contributed by atoms with Crippen LogP contribution in [0.4, 0.5) is 17.1 Å². The van der Waals surface area contributed by atoms with Crippen LogP contribution in [0.5, 0.6) is 0 Å². The normalized spacial score (nSPS) is 11.9. The van der Waals surface area contributed by atoms with Crippen LogP contribution in [-0.4, -0.2) is 4.57 Å². The van der Waals surface area contributed by atoms with Crippen LogP contribution < -0.4 is 4.90 Å². The number of aromatic nitrogens is 1. The molecule has 0 saturated heterocycles. The van der Waals surface area contributed by atoms with Crippen molar-refractivity contribution in [3.63, 3.8) is 0 Å². The van der Waals surface area contributed by atoms with E-state index in [1.165, 1.54) is 85.4 Å². The zero-order valence-corrected chi connectivity index (χ0v) is 31.7. The third kappa shape index (κ3) is 5.10. The lowest BCUT2D eigenvalue weighted by Gasteiger charge is -2.26. The van der Waals surface area contributed by atoms with Crippen LogP contribution in [0.1, 0.15) is 0 Å². The SMILES string of the molecule is c1ccc(N(c2ccc3sc4cccc(-c5ccc6c(ccc7ccccc76)c5)c4c3c2)c2ccc3c4cc5ccccc5cc4n(-c4ccccc4)c3c2)cc1. The molecule has 2 nitrogen and oxygen atoms in total. The van der Waals surface area contributed by atoms with Crippen LogP contribution >= 0.6 is 11.3 Å². The fraction of sp³-hybridized carbons (Fsp3) is 0. The maximum Gasteiger partial charge on any atom is 0.0561 e. The van der Waals surface area contributed by atoms with Gasteiger partial charge in [-0.25, -0.2) is 0 Å². The Morgan fingerprint density at radius 3 is 1.88 bits per heavy atom. The topological polar surface area (TPSA) is 8.17 Å². The van der Waals surface area contributed by atoms with Gasteiger partial charge in [-0.15, -0.1) is 11.3 Å². The summed E-state index contributed by atoms with van der Waals surface area (Å²) in [6.45, 7) is 0. The molecular weight excluding hydrogens is 709 g/mol. The molecule has 0 aliphatic carbocycles. The number of benzene rings is 10. The molecule has 0 radical (unpaired) electrons. The number of rotatable bonds is 5. The smallest absolute Gasteiger partial charge is 0.0561 e. The fourth-order valence-electron chi connectivity index (χ4n) is 9.09. The van der Waals surface area contributed by atoms with Crippen molar-refractivity contribution in [2.45, 2.75) is 0 Å². The fourth-order valence-corrected chi connectivity index (χ4v) is 10.2. The molecule has 0 aliphatic rings. The van der Waals surface area contributed by atoms with Gasteiger partial charge < -0.3 is 9.47 Å². The van der Waals surface area contributed by atoms with Crippen molar-refractivity contribution in [1.82, 2.24) is 4.57 Å². The van der Waals surface area contributed by atoms with Gasteiger partial charge in [0, 0.05) is 53.7 Å². The van der Waals surface area contributed by atoms with Crippen molar-refractivity contribution in [2.24, 2.45) is 0 Å². The molecule has 0 atom stereocenters. The predicted molar refractivity (Wildman–Crippen MR) is 246 cm³/mol. The lowest BCUT2D eigenvalue weighted by Crippen LogP contribution is -2.10. The average Bonchev–Trinajstić information content (AvgIpc) is 3.80. The van der Waals surface area contributed by atoms with Crippen molar-refractivity contribution in [2.75, 3.05) is 4.90 Å².